The Bertz CT molecular complexity index is 1730. The number of unbranched alkanes of at least 4 members (excludes halogenated alkanes) is 2. The smallest absolute Gasteiger partial charge is 0.330 e. The molecule has 0 aliphatic carbocycles. The van der Waals surface area contributed by atoms with Crippen LogP contribution in [0.5, 0.6) is 0 Å². The second kappa shape index (κ2) is 33.5. The van der Waals surface area contributed by atoms with Gasteiger partial charge in [0.2, 0.25) is 0 Å². The van der Waals surface area contributed by atoms with E-state index in [0.29, 0.717) is 12.4 Å². The van der Waals surface area contributed by atoms with Gasteiger partial charge in [-0.25, -0.2) is 4.79 Å². The molecular formula is C54H95N3O16. The minimum absolute atomic E-state index is 0.0783. The third-order valence-corrected chi connectivity index (χ3v) is 14.9. The molecular weight excluding hydrogens is 947 g/mol. The molecule has 2 bridgehead atoms. The Morgan fingerprint density at radius 3 is 2.14 bits per heavy atom. The van der Waals surface area contributed by atoms with E-state index in [-0.39, 0.29) is 69.1 Å². The monoisotopic (exact) mass is 1040 g/mol. The summed E-state index contributed by atoms with van der Waals surface area (Å²) in [5, 5.41) is 113. The zero-order valence-electron chi connectivity index (χ0n) is 44.8. The standard InChI is InChI=1S/C54H95N3O16/c1-32-16-19-42(59)38(7)46(63)30-44(61)34(3)18-21-49(67)72-51(36(5)25-33(2)15-13-11-9-10-12-14-24-57-53(55)56-8)35(4)17-20-43(60)37(6)45(62)27-39(58)26-40(71-50(68)31-48(65)66)28-41-29-47(64)52(69)54(70,73-41)23-22-32/h9-10,17-18,20-21,32-47,51-52,58-64,69-70H,11-16,19,22-31H2,1-8H3,(H,65,66)(H3,55,56,57)/b10-9+,20-17?,21-18?. The predicted octanol–water partition coefficient (Wildman–Crippen LogP) is 3.78. The third kappa shape index (κ3) is 24.8. The number of ether oxygens (including phenoxy) is 3. The number of hydrogen-bond donors (Lipinski definition) is 12. The van der Waals surface area contributed by atoms with Gasteiger partial charge in [-0.1, -0.05) is 85.3 Å². The van der Waals surface area contributed by atoms with Crippen LogP contribution in [0.25, 0.3) is 0 Å². The Kier molecular flexibility index (Phi) is 30.1. The van der Waals surface area contributed by atoms with Gasteiger partial charge in [0.25, 0.3) is 0 Å². The number of hydrogen-bond acceptors (Lipinski definition) is 16. The van der Waals surface area contributed by atoms with E-state index in [9.17, 15) is 65.4 Å². The summed E-state index contributed by atoms with van der Waals surface area (Å²) in [5.41, 5.74) is 5.68. The zero-order chi connectivity index (χ0) is 55.0. The van der Waals surface area contributed by atoms with Gasteiger partial charge in [0.1, 0.15) is 24.7 Å². The lowest BCUT2D eigenvalue weighted by Gasteiger charge is -2.44. The fourth-order valence-electron chi connectivity index (χ4n) is 9.73. The SMILES string of the molecule is CN=C(N)NCCC/C=C/CCCC(C)CC(C)C1OC(=O)C=CC(C)C(O)CC(O)C(C)C(O)CCC(C)CCC2(O)OC(CC(OC(=O)CC(=O)O)CC(O)CC(O)C(C)C(O)C=CC1C)CC(O)C2O. The largest absolute Gasteiger partial charge is 0.481 e. The lowest BCUT2D eigenvalue weighted by molar-refractivity contribution is -0.327. The molecule has 2 rings (SSSR count). The maximum atomic E-state index is 13.5. The van der Waals surface area contributed by atoms with Crippen molar-refractivity contribution in [3.63, 3.8) is 0 Å². The second-order valence-corrected chi connectivity index (χ2v) is 21.6. The number of aliphatic imine (C=N–C) groups is 1. The molecule has 0 spiro atoms. The van der Waals surface area contributed by atoms with Crippen LogP contribution in [0.3, 0.4) is 0 Å². The van der Waals surface area contributed by atoms with Crippen LogP contribution in [0.2, 0.25) is 0 Å². The molecule has 19 heteroatoms. The quantitative estimate of drug-likeness (QED) is 0.0294. The Labute approximate surface area is 434 Å². The Hall–Kier alpha value is -3.50. The van der Waals surface area contributed by atoms with Gasteiger partial charge < -0.3 is 76.3 Å². The molecule has 13 N–H and O–H groups in total. The van der Waals surface area contributed by atoms with Crippen LogP contribution in [0.4, 0.5) is 0 Å². The number of aliphatic hydroxyl groups is 9. The number of nitrogens with one attached hydrogen (secondary N) is 1. The number of aliphatic carboxylic acids is 1. The molecule has 2 aliphatic rings. The van der Waals surface area contributed by atoms with E-state index >= 15 is 0 Å². The summed E-state index contributed by atoms with van der Waals surface area (Å²) in [6.45, 7) is 13.6. The highest BCUT2D eigenvalue weighted by atomic mass is 16.7. The van der Waals surface area contributed by atoms with Gasteiger partial charge in [-0.3, -0.25) is 14.6 Å². The number of carboxylic acids is 1. The summed E-state index contributed by atoms with van der Waals surface area (Å²) in [5.74, 6) is -7.48. The summed E-state index contributed by atoms with van der Waals surface area (Å²) >= 11 is 0. The number of esters is 2. The van der Waals surface area contributed by atoms with Crippen molar-refractivity contribution in [3.8, 4) is 0 Å². The van der Waals surface area contributed by atoms with Gasteiger partial charge in [0.15, 0.2) is 11.7 Å². The van der Waals surface area contributed by atoms with E-state index in [0.717, 1.165) is 45.1 Å². The summed E-state index contributed by atoms with van der Waals surface area (Å²) in [6, 6.07) is 0. The first-order valence-electron chi connectivity index (χ1n) is 26.7. The van der Waals surface area contributed by atoms with Crippen molar-refractivity contribution < 1.29 is 79.7 Å². The van der Waals surface area contributed by atoms with Gasteiger partial charge in [0, 0.05) is 75.4 Å². The molecule has 0 aromatic rings. The number of carbonyl (C=O) groups excluding carboxylic acids is 2. The van der Waals surface area contributed by atoms with Crippen LogP contribution in [0.1, 0.15) is 151 Å². The molecule has 0 amide bonds. The number of cyclic esters (lactones) is 1. The van der Waals surface area contributed by atoms with Gasteiger partial charge in [0.05, 0.1) is 48.8 Å². The second-order valence-electron chi connectivity index (χ2n) is 21.6. The highest BCUT2D eigenvalue weighted by Crippen LogP contribution is 2.36. The minimum Gasteiger partial charge on any atom is -0.481 e. The van der Waals surface area contributed by atoms with Crippen molar-refractivity contribution in [1.82, 2.24) is 5.32 Å². The van der Waals surface area contributed by atoms with Crippen LogP contribution in [0.15, 0.2) is 41.4 Å². The summed E-state index contributed by atoms with van der Waals surface area (Å²) in [4.78, 5) is 41.3. The van der Waals surface area contributed by atoms with Crippen LogP contribution in [-0.2, 0) is 28.6 Å². The summed E-state index contributed by atoms with van der Waals surface area (Å²) in [7, 11) is 1.63. The van der Waals surface area contributed by atoms with Gasteiger partial charge in [-0.15, -0.1) is 0 Å². The highest BCUT2D eigenvalue weighted by molar-refractivity contribution is 5.90. The Balaban J connectivity index is 2.38. The molecule has 0 aromatic carbocycles. The average molecular weight is 1040 g/mol. The van der Waals surface area contributed by atoms with Gasteiger partial charge >= 0.3 is 17.9 Å². The molecule has 0 aromatic heterocycles. The van der Waals surface area contributed by atoms with Crippen LogP contribution in [0, 0.1) is 41.4 Å². The highest BCUT2D eigenvalue weighted by Gasteiger charge is 2.48. The van der Waals surface area contributed by atoms with Gasteiger partial charge in [-0.05, 0) is 75.5 Å². The minimum atomic E-state index is -2.24. The number of allylic oxidation sites excluding steroid dienone is 2. The molecule has 2 heterocycles. The van der Waals surface area contributed by atoms with Crippen molar-refractivity contribution in [1.29, 1.82) is 0 Å². The topological polar surface area (TPSA) is 332 Å². The maximum Gasteiger partial charge on any atom is 0.330 e. The average Bonchev–Trinajstić information content (AvgIpc) is 3.32. The molecule has 422 valence electrons. The van der Waals surface area contributed by atoms with Crippen molar-refractivity contribution in [2.75, 3.05) is 13.6 Å². The van der Waals surface area contributed by atoms with Gasteiger partial charge in [-0.2, -0.15) is 0 Å². The van der Waals surface area contributed by atoms with E-state index in [2.05, 4.69) is 29.4 Å². The first-order chi connectivity index (χ1) is 34.3. The molecule has 0 radical (unpaired) electrons. The maximum absolute atomic E-state index is 13.5. The number of rotatable bonds is 14. The molecule has 19 nitrogen and oxygen atoms in total. The molecule has 19 unspecified atom stereocenters. The van der Waals surface area contributed by atoms with E-state index in [1.807, 2.05) is 20.8 Å². The summed E-state index contributed by atoms with van der Waals surface area (Å²) in [6.07, 6.45) is 1.48. The van der Waals surface area contributed by atoms with Crippen LogP contribution >= 0.6 is 0 Å². The predicted molar refractivity (Wildman–Crippen MR) is 276 cm³/mol. The lowest BCUT2D eigenvalue weighted by Crippen LogP contribution is -2.58. The van der Waals surface area contributed by atoms with Crippen LogP contribution < -0.4 is 11.1 Å². The van der Waals surface area contributed by atoms with Crippen LogP contribution in [-0.4, -0.2) is 161 Å². The molecule has 19 atom stereocenters. The number of nitrogens with zero attached hydrogens (tertiary/aromatic N) is 1. The molecule has 1 fully saturated rings. The van der Waals surface area contributed by atoms with Crippen molar-refractivity contribution in [2.24, 2.45) is 52.2 Å². The first kappa shape index (κ1) is 65.6. The fourth-order valence-corrected chi connectivity index (χ4v) is 9.73. The molecule has 73 heavy (non-hydrogen) atoms. The number of guanidine groups is 1. The van der Waals surface area contributed by atoms with E-state index in [1.165, 1.54) is 18.2 Å². The molecule has 1 saturated heterocycles. The van der Waals surface area contributed by atoms with Crippen molar-refractivity contribution >= 4 is 23.9 Å². The number of fused-ring (bicyclic) bond motifs is 2. The number of carbonyl (C=O) groups is 3. The lowest BCUT2D eigenvalue weighted by atomic mass is 9.84. The zero-order valence-corrected chi connectivity index (χ0v) is 44.8. The van der Waals surface area contributed by atoms with Crippen molar-refractivity contribution in [2.45, 2.75) is 224 Å². The number of carboxylic acid groups (broad SMARTS) is 1. The van der Waals surface area contributed by atoms with E-state index in [1.54, 1.807) is 33.9 Å². The number of nitrogens with two attached hydrogens (primary N) is 1. The van der Waals surface area contributed by atoms with E-state index in [4.69, 9.17) is 19.9 Å². The normalized spacial score (nSPS) is 36.7. The summed E-state index contributed by atoms with van der Waals surface area (Å²) < 4.78 is 17.5. The van der Waals surface area contributed by atoms with E-state index < -0.39 is 121 Å². The third-order valence-electron chi connectivity index (χ3n) is 14.9. The molecule has 2 aliphatic heterocycles. The number of aliphatic hydroxyl groups excluding tert-OH is 8. The fraction of sp³-hybridized carbons (Fsp3) is 0.815. The Morgan fingerprint density at radius 1 is 0.822 bits per heavy atom. The molecule has 0 saturated carbocycles. The Morgan fingerprint density at radius 2 is 1.48 bits per heavy atom. The van der Waals surface area contributed by atoms with Crippen molar-refractivity contribution in [3.05, 3.63) is 36.5 Å². The first-order valence-corrected chi connectivity index (χ1v) is 26.7.